The van der Waals surface area contributed by atoms with Gasteiger partial charge in [-0.15, -0.1) is 16.4 Å². The summed E-state index contributed by atoms with van der Waals surface area (Å²) in [6.45, 7) is -0.170. The van der Waals surface area contributed by atoms with Gasteiger partial charge in [0.25, 0.3) is 0 Å². The third-order valence-corrected chi connectivity index (χ3v) is 11.2. The number of fused-ring (bicyclic) bond motifs is 1. The first kappa shape index (κ1) is 37.9. The largest absolute Gasteiger partial charge is 0.497 e. The number of halogens is 3. The summed E-state index contributed by atoms with van der Waals surface area (Å²) in [7, 11) is 1.55. The lowest BCUT2D eigenvalue weighted by Crippen LogP contribution is -2.59. The highest BCUT2D eigenvalue weighted by molar-refractivity contribution is 7.99. The molecule has 286 valence electrons. The topological polar surface area (TPSA) is 136 Å². The monoisotopic (exact) mass is 816 g/mol. The van der Waals surface area contributed by atoms with Crippen LogP contribution in [0.2, 0.25) is 5.02 Å². The summed E-state index contributed by atoms with van der Waals surface area (Å²) in [4.78, 5) is 9.02. The lowest BCUT2D eigenvalue weighted by molar-refractivity contribution is -0.311. The van der Waals surface area contributed by atoms with E-state index in [9.17, 15) is 5.26 Å². The first-order chi connectivity index (χ1) is 27.4. The van der Waals surface area contributed by atoms with Crippen LogP contribution < -0.4 is 9.47 Å². The molecule has 0 bridgehead atoms. The number of ether oxygens (including phenoxy) is 6. The smallest absolute Gasteiger partial charge is 0.191 e. The van der Waals surface area contributed by atoms with Crippen LogP contribution in [-0.4, -0.2) is 62.4 Å². The van der Waals surface area contributed by atoms with Gasteiger partial charge in [-0.2, -0.15) is 5.26 Å². The lowest BCUT2D eigenvalue weighted by Gasteiger charge is -2.49. The van der Waals surface area contributed by atoms with Crippen LogP contribution in [0.4, 0.5) is 8.78 Å². The SMILES string of the molecule is COc1ccc(COc2c(F)cc(COC3C(n4cc(-c5nccs5)nn4)[C@H]4OC(c5ccccc5)OCC4O[C@@H]3Sc3cc(Cl)cnc3C#N)cc2F)cc1. The number of rotatable bonds is 12. The number of aromatic nitrogens is 5. The number of nitriles is 1. The van der Waals surface area contributed by atoms with Gasteiger partial charge >= 0.3 is 0 Å². The Morgan fingerprint density at radius 2 is 1.82 bits per heavy atom. The number of nitrogens with zero attached hydrogens (tertiary/aromatic N) is 6. The van der Waals surface area contributed by atoms with E-state index in [4.69, 9.17) is 40.0 Å². The average Bonchev–Trinajstić information content (AvgIpc) is 3.94. The molecule has 17 heteroatoms. The molecule has 4 unspecified atom stereocenters. The number of thioether (sulfide) groups is 1. The summed E-state index contributed by atoms with van der Waals surface area (Å²) >= 11 is 8.91. The molecule has 6 atom stereocenters. The van der Waals surface area contributed by atoms with E-state index in [-0.39, 0.29) is 31.1 Å². The van der Waals surface area contributed by atoms with Crippen molar-refractivity contribution in [2.75, 3.05) is 13.7 Å². The van der Waals surface area contributed by atoms with E-state index in [1.807, 2.05) is 35.7 Å². The molecule has 56 heavy (non-hydrogen) atoms. The molecule has 2 fully saturated rings. The fourth-order valence-corrected chi connectivity index (χ4v) is 8.45. The molecule has 0 saturated carbocycles. The fraction of sp³-hybridized carbons (Fsp3) is 0.256. The van der Waals surface area contributed by atoms with Crippen LogP contribution in [0.3, 0.4) is 0 Å². The Morgan fingerprint density at radius 3 is 2.55 bits per heavy atom. The summed E-state index contributed by atoms with van der Waals surface area (Å²) in [5.41, 5.74) is 1.49. The standard InChI is InChI=1S/C39H31ClF2N6O6S2/c1-49-26-9-7-22(8-10-26)19-50-34-27(41)13-23(14-28(34)42)20-51-36-33(48-18-30(46-47-48)37-44-11-12-55-37)35-31(21-52-38(54-35)24-5-3-2-4-6-24)53-39(36)56-32-15-25(40)17-45-29(32)16-43/h2-15,17-18,31,33,35-36,38-39H,19-21H2,1H3/t31?,33?,35-,36?,38?,39+/m0/s1. The molecule has 8 rings (SSSR count). The lowest BCUT2D eigenvalue weighted by atomic mass is 9.95. The number of hydrogen-bond acceptors (Lipinski definition) is 13. The van der Waals surface area contributed by atoms with E-state index in [1.165, 1.54) is 29.3 Å². The van der Waals surface area contributed by atoms with Gasteiger partial charge < -0.3 is 28.4 Å². The summed E-state index contributed by atoms with van der Waals surface area (Å²) in [6, 6.07) is 21.7. The Hall–Kier alpha value is -4.99. The molecular weight excluding hydrogens is 786 g/mol. The Labute approximate surface area is 332 Å². The van der Waals surface area contributed by atoms with Crippen molar-refractivity contribution in [3.05, 3.63) is 136 Å². The van der Waals surface area contributed by atoms with Crippen molar-refractivity contribution < 1.29 is 37.2 Å². The summed E-state index contributed by atoms with van der Waals surface area (Å²) in [5.74, 6) is -1.66. The van der Waals surface area contributed by atoms with E-state index in [0.717, 1.165) is 17.7 Å². The van der Waals surface area contributed by atoms with Gasteiger partial charge in [-0.3, -0.25) is 0 Å². The molecule has 0 aliphatic carbocycles. The van der Waals surface area contributed by atoms with Gasteiger partial charge in [-0.1, -0.05) is 71.0 Å². The van der Waals surface area contributed by atoms with Gasteiger partial charge in [0, 0.05) is 28.2 Å². The van der Waals surface area contributed by atoms with E-state index in [0.29, 0.717) is 31.9 Å². The molecule has 0 N–H and O–H groups in total. The summed E-state index contributed by atoms with van der Waals surface area (Å²) in [5, 5.41) is 21.6. The molecule has 12 nitrogen and oxygen atoms in total. The molecule has 2 aliphatic rings. The Kier molecular flexibility index (Phi) is 11.5. The third kappa shape index (κ3) is 8.25. The van der Waals surface area contributed by atoms with Crippen molar-refractivity contribution in [1.29, 1.82) is 5.26 Å². The zero-order valence-electron chi connectivity index (χ0n) is 29.4. The zero-order chi connectivity index (χ0) is 38.6. The van der Waals surface area contributed by atoms with Crippen LogP contribution >= 0.6 is 34.7 Å². The summed E-state index contributed by atoms with van der Waals surface area (Å²) < 4.78 is 69.5. The minimum atomic E-state index is -0.927. The van der Waals surface area contributed by atoms with E-state index in [1.54, 1.807) is 54.5 Å². The van der Waals surface area contributed by atoms with Crippen molar-refractivity contribution in [2.24, 2.45) is 0 Å². The number of methoxy groups -OCH3 is 1. The number of hydrogen-bond donors (Lipinski definition) is 0. The maximum Gasteiger partial charge on any atom is 0.191 e. The normalized spacial score (nSPS) is 21.9. The maximum atomic E-state index is 15.5. The van der Waals surface area contributed by atoms with Crippen LogP contribution in [-0.2, 0) is 32.2 Å². The molecule has 3 aromatic heterocycles. The molecule has 2 saturated heterocycles. The molecule has 2 aliphatic heterocycles. The summed E-state index contributed by atoms with van der Waals surface area (Å²) in [6.07, 6.45) is 1.78. The van der Waals surface area contributed by atoms with E-state index in [2.05, 4.69) is 26.3 Å². The molecule has 3 aromatic carbocycles. The van der Waals surface area contributed by atoms with Crippen molar-refractivity contribution in [3.8, 4) is 28.3 Å². The van der Waals surface area contributed by atoms with Crippen LogP contribution in [0.5, 0.6) is 11.5 Å². The second kappa shape index (κ2) is 17.0. The molecular formula is C39H31ClF2N6O6S2. The van der Waals surface area contributed by atoms with Crippen LogP contribution in [0.15, 0.2) is 102 Å². The van der Waals surface area contributed by atoms with Crippen molar-refractivity contribution in [2.45, 2.75) is 54.2 Å². The van der Waals surface area contributed by atoms with Gasteiger partial charge in [0.15, 0.2) is 29.4 Å². The Balaban J connectivity index is 1.13. The molecule has 0 spiro atoms. The minimum absolute atomic E-state index is 0.0617. The highest BCUT2D eigenvalue weighted by atomic mass is 35.5. The number of benzene rings is 3. The second-order valence-corrected chi connectivity index (χ2v) is 15.1. The quantitative estimate of drug-likeness (QED) is 0.119. The molecule has 6 aromatic rings. The highest BCUT2D eigenvalue weighted by Crippen LogP contribution is 2.45. The third-order valence-electron chi connectivity index (χ3n) is 9.06. The van der Waals surface area contributed by atoms with Gasteiger partial charge in [-0.05, 0) is 41.5 Å². The maximum absolute atomic E-state index is 15.5. The molecule has 5 heterocycles. The van der Waals surface area contributed by atoms with Crippen molar-refractivity contribution in [3.63, 3.8) is 0 Å². The van der Waals surface area contributed by atoms with E-state index >= 15 is 8.78 Å². The zero-order valence-corrected chi connectivity index (χ0v) is 31.8. The predicted octanol–water partition coefficient (Wildman–Crippen LogP) is 7.95. The Bertz CT molecular complexity index is 2290. The van der Waals surface area contributed by atoms with Crippen molar-refractivity contribution in [1.82, 2.24) is 25.0 Å². The predicted molar refractivity (Wildman–Crippen MR) is 201 cm³/mol. The van der Waals surface area contributed by atoms with Crippen molar-refractivity contribution >= 4 is 34.7 Å². The number of pyridine rings is 1. The van der Waals surface area contributed by atoms with E-state index < -0.39 is 53.5 Å². The average molecular weight is 817 g/mol. The number of thiazole rings is 1. The second-order valence-electron chi connectivity index (χ2n) is 12.7. The molecule has 0 amide bonds. The van der Waals surface area contributed by atoms with Gasteiger partial charge in [0.05, 0.1) is 31.5 Å². The fourth-order valence-electron chi connectivity index (χ4n) is 6.41. The van der Waals surface area contributed by atoms with Crippen LogP contribution in [0, 0.1) is 23.0 Å². The van der Waals surface area contributed by atoms with Crippen LogP contribution in [0.1, 0.15) is 34.7 Å². The Morgan fingerprint density at radius 1 is 1.02 bits per heavy atom. The molecule has 0 radical (unpaired) electrons. The highest BCUT2D eigenvalue weighted by Gasteiger charge is 2.52. The van der Waals surface area contributed by atoms with Crippen LogP contribution in [0.25, 0.3) is 10.7 Å². The first-order valence-corrected chi connectivity index (χ1v) is 19.4. The van der Waals surface area contributed by atoms with Gasteiger partial charge in [0.2, 0.25) is 0 Å². The first-order valence-electron chi connectivity index (χ1n) is 17.2. The van der Waals surface area contributed by atoms with Gasteiger partial charge in [-0.25, -0.2) is 23.4 Å². The minimum Gasteiger partial charge on any atom is -0.497 e. The van der Waals surface area contributed by atoms with Gasteiger partial charge in [0.1, 0.15) is 58.9 Å².